The second kappa shape index (κ2) is 7.05. The van der Waals surface area contributed by atoms with Crippen LogP contribution in [0.25, 0.3) is 64.7 Å². The van der Waals surface area contributed by atoms with Gasteiger partial charge in [0.1, 0.15) is 11.2 Å². The third kappa shape index (κ3) is 2.63. The maximum Gasteiger partial charge on any atom is 0.150 e. The van der Waals surface area contributed by atoms with E-state index < -0.39 is 0 Å². The number of hydrogen-bond acceptors (Lipinski definition) is 2. The molecule has 0 aliphatic carbocycles. The summed E-state index contributed by atoms with van der Waals surface area (Å²) in [6, 6.07) is 39.0. The van der Waals surface area contributed by atoms with E-state index in [1.165, 1.54) is 42.2 Å². The summed E-state index contributed by atoms with van der Waals surface area (Å²) in [7, 11) is 0. The molecule has 164 valence electrons. The Hall–Kier alpha value is -4.41. The minimum Gasteiger partial charge on any atom is -0.294 e. The van der Waals surface area contributed by atoms with Gasteiger partial charge in [0, 0.05) is 37.4 Å². The van der Waals surface area contributed by atoms with E-state index in [0.29, 0.717) is 0 Å². The predicted octanol–water partition coefficient (Wildman–Crippen LogP) is 8.47. The van der Waals surface area contributed by atoms with Gasteiger partial charge in [-0.25, -0.2) is 4.98 Å². The van der Waals surface area contributed by atoms with E-state index in [2.05, 4.69) is 118 Å². The zero-order chi connectivity index (χ0) is 22.9. The van der Waals surface area contributed by atoms with Crippen molar-refractivity contribution in [3.05, 3.63) is 115 Å². The Labute approximate surface area is 205 Å². The molecule has 8 aromatic rings. The number of thiophene rings is 1. The van der Waals surface area contributed by atoms with E-state index in [1.807, 2.05) is 17.4 Å². The second-order valence-electron chi connectivity index (χ2n) is 8.90. The van der Waals surface area contributed by atoms with Crippen molar-refractivity contribution >= 4 is 59.2 Å². The summed E-state index contributed by atoms with van der Waals surface area (Å²) < 4.78 is 7.20. The fourth-order valence-corrected chi connectivity index (χ4v) is 6.65. The number of rotatable bonds is 2. The third-order valence-corrected chi connectivity index (χ3v) is 8.16. The quantitative estimate of drug-likeness (QED) is 0.251. The number of hydrogen-bond donors (Lipinski definition) is 0. The number of pyridine rings is 1. The Bertz CT molecular complexity index is 2070. The van der Waals surface area contributed by atoms with Crippen molar-refractivity contribution in [1.29, 1.82) is 0 Å². The molecule has 3 nitrogen and oxygen atoms in total. The maximum absolute atomic E-state index is 4.98. The molecule has 0 spiro atoms. The van der Waals surface area contributed by atoms with Gasteiger partial charge >= 0.3 is 0 Å². The molecular formula is C31H19N3S. The zero-order valence-electron chi connectivity index (χ0n) is 18.7. The summed E-state index contributed by atoms with van der Waals surface area (Å²) in [5.41, 5.74) is 7.89. The van der Waals surface area contributed by atoms with Gasteiger partial charge in [-0.15, -0.1) is 11.3 Å². The molecule has 4 aromatic heterocycles. The van der Waals surface area contributed by atoms with Gasteiger partial charge in [-0.2, -0.15) is 0 Å². The van der Waals surface area contributed by atoms with Gasteiger partial charge in [-0.05, 0) is 47.5 Å². The average molecular weight is 466 g/mol. The van der Waals surface area contributed by atoms with Crippen molar-refractivity contribution in [2.75, 3.05) is 0 Å². The lowest BCUT2D eigenvalue weighted by atomic mass is 10.0. The van der Waals surface area contributed by atoms with E-state index in [-0.39, 0.29) is 0 Å². The third-order valence-electron chi connectivity index (χ3n) is 6.94. The molecule has 0 atom stereocenters. The van der Waals surface area contributed by atoms with Crippen LogP contribution in [0.5, 0.6) is 0 Å². The average Bonchev–Trinajstić information content (AvgIpc) is 3.57. The van der Waals surface area contributed by atoms with Gasteiger partial charge in [0.15, 0.2) is 5.65 Å². The van der Waals surface area contributed by atoms with Crippen molar-refractivity contribution in [1.82, 2.24) is 14.0 Å². The fraction of sp³-hybridized carbons (Fsp3) is 0. The number of fused-ring (bicyclic) bond motifs is 8. The van der Waals surface area contributed by atoms with Crippen LogP contribution >= 0.6 is 11.3 Å². The van der Waals surface area contributed by atoms with Crippen molar-refractivity contribution in [3.63, 3.8) is 0 Å². The van der Waals surface area contributed by atoms with E-state index in [1.54, 1.807) is 0 Å². The summed E-state index contributed by atoms with van der Waals surface area (Å²) in [6.45, 7) is 0. The highest BCUT2D eigenvalue weighted by Gasteiger charge is 2.18. The van der Waals surface area contributed by atoms with Crippen LogP contribution in [-0.2, 0) is 0 Å². The Balaban J connectivity index is 1.43. The highest BCUT2D eigenvalue weighted by molar-refractivity contribution is 7.26. The van der Waals surface area contributed by atoms with Crippen molar-refractivity contribution in [2.24, 2.45) is 0 Å². The summed E-state index contributed by atoms with van der Waals surface area (Å²) in [5.74, 6) is 0. The summed E-state index contributed by atoms with van der Waals surface area (Å²) >= 11 is 1.87. The highest BCUT2D eigenvalue weighted by atomic mass is 32.1. The number of benzene rings is 4. The first-order valence-electron chi connectivity index (χ1n) is 11.7. The molecule has 4 heteroatoms. The normalized spacial score (nSPS) is 12.0. The van der Waals surface area contributed by atoms with Crippen LogP contribution in [0.4, 0.5) is 0 Å². The smallest absolute Gasteiger partial charge is 0.150 e. The molecule has 4 aromatic carbocycles. The topological polar surface area (TPSA) is 22.2 Å². The summed E-state index contributed by atoms with van der Waals surface area (Å²) in [4.78, 5) is 4.98. The number of para-hydroxylation sites is 1. The van der Waals surface area contributed by atoms with Crippen LogP contribution in [0.3, 0.4) is 0 Å². The van der Waals surface area contributed by atoms with Gasteiger partial charge in [0.2, 0.25) is 0 Å². The lowest BCUT2D eigenvalue weighted by Crippen LogP contribution is -1.97. The number of nitrogens with zero attached hydrogens (tertiary/aromatic N) is 3. The van der Waals surface area contributed by atoms with Crippen LogP contribution in [-0.4, -0.2) is 14.0 Å². The molecule has 35 heavy (non-hydrogen) atoms. The minimum atomic E-state index is 0.961. The molecule has 0 radical (unpaired) electrons. The molecular weight excluding hydrogens is 446 g/mol. The molecule has 0 fully saturated rings. The first kappa shape index (κ1) is 19.0. The molecule has 4 heterocycles. The van der Waals surface area contributed by atoms with E-state index >= 15 is 0 Å². The molecule has 0 N–H and O–H groups in total. The number of imidazole rings is 1. The first-order chi connectivity index (χ1) is 17.4. The second-order valence-corrected chi connectivity index (χ2v) is 9.95. The molecule has 0 saturated heterocycles. The largest absolute Gasteiger partial charge is 0.294 e. The Kier molecular flexibility index (Phi) is 3.82. The lowest BCUT2D eigenvalue weighted by Gasteiger charge is -2.11. The highest BCUT2D eigenvalue weighted by Crippen LogP contribution is 2.40. The van der Waals surface area contributed by atoms with E-state index in [4.69, 9.17) is 4.98 Å². The van der Waals surface area contributed by atoms with Gasteiger partial charge in [-0.3, -0.25) is 8.97 Å². The van der Waals surface area contributed by atoms with Crippen molar-refractivity contribution < 1.29 is 0 Å². The Morgan fingerprint density at radius 3 is 2.43 bits per heavy atom. The van der Waals surface area contributed by atoms with Crippen LogP contribution in [0.1, 0.15) is 0 Å². The lowest BCUT2D eigenvalue weighted by molar-refractivity contribution is 1.09. The van der Waals surface area contributed by atoms with Crippen LogP contribution in [0.2, 0.25) is 0 Å². The molecule has 0 bridgehead atoms. The standard InChI is InChI=1S/C31H19N3S/c1-3-15-26-25(12-1)29-31(33-18-6-5-17-28(33)32-29)34(26)21-10-7-9-20(19-21)22-13-8-14-24-23-11-2-4-16-27(23)35-30(22)24/h1-19H. The summed E-state index contributed by atoms with van der Waals surface area (Å²) in [5, 5.41) is 3.82. The van der Waals surface area contributed by atoms with Crippen LogP contribution in [0, 0.1) is 0 Å². The Morgan fingerprint density at radius 1 is 0.657 bits per heavy atom. The maximum atomic E-state index is 4.98. The van der Waals surface area contributed by atoms with Gasteiger partial charge in [-0.1, -0.05) is 72.8 Å². The van der Waals surface area contributed by atoms with Gasteiger partial charge < -0.3 is 0 Å². The molecule has 0 saturated carbocycles. The fourth-order valence-electron chi connectivity index (χ4n) is 5.41. The molecule has 0 unspecified atom stereocenters. The van der Waals surface area contributed by atoms with E-state index in [0.717, 1.165) is 22.5 Å². The van der Waals surface area contributed by atoms with Crippen molar-refractivity contribution in [3.8, 4) is 16.8 Å². The molecule has 8 rings (SSSR count). The number of aromatic nitrogens is 3. The molecule has 0 amide bonds. The SMILES string of the molecule is c1cc(-c2cccc3c2sc2ccccc23)cc(-n2c3ccccc3c3nc4ccccn4c32)c1. The monoisotopic (exact) mass is 465 g/mol. The van der Waals surface area contributed by atoms with Crippen LogP contribution < -0.4 is 0 Å². The minimum absolute atomic E-state index is 0.961. The van der Waals surface area contributed by atoms with Crippen molar-refractivity contribution in [2.45, 2.75) is 0 Å². The van der Waals surface area contributed by atoms with Crippen LogP contribution in [0.15, 0.2) is 115 Å². The Morgan fingerprint density at radius 2 is 1.46 bits per heavy atom. The van der Waals surface area contributed by atoms with Gasteiger partial charge in [0.25, 0.3) is 0 Å². The summed E-state index contributed by atoms with van der Waals surface area (Å²) in [6.07, 6.45) is 2.10. The molecule has 0 aliphatic rings. The van der Waals surface area contributed by atoms with Gasteiger partial charge in [0.05, 0.1) is 5.52 Å². The van der Waals surface area contributed by atoms with E-state index in [9.17, 15) is 0 Å². The first-order valence-corrected chi connectivity index (χ1v) is 12.6. The molecule has 0 aliphatic heterocycles. The zero-order valence-corrected chi connectivity index (χ0v) is 19.5. The predicted molar refractivity (Wildman–Crippen MR) is 148 cm³/mol.